The van der Waals surface area contributed by atoms with Crippen LogP contribution in [0.5, 0.6) is 5.75 Å². The smallest absolute Gasteiger partial charge is 0.282 e. The highest BCUT2D eigenvalue weighted by Crippen LogP contribution is 2.46. The Kier molecular flexibility index (Phi) is 7.00. The van der Waals surface area contributed by atoms with Crippen LogP contribution in [-0.2, 0) is 17.9 Å². The van der Waals surface area contributed by atoms with E-state index in [4.69, 9.17) is 14.8 Å². The minimum Gasteiger partial charge on any atom is -0.490 e. The number of nitrogens with zero attached hydrogens (tertiary/aromatic N) is 6. The number of fused-ring (bicyclic) bond motifs is 2. The first kappa shape index (κ1) is 27.2. The largest absolute Gasteiger partial charge is 0.490 e. The molecule has 1 aromatic carbocycles. The summed E-state index contributed by atoms with van der Waals surface area (Å²) < 4.78 is 36.8. The summed E-state index contributed by atoms with van der Waals surface area (Å²) in [7, 11) is 0. The molecule has 0 radical (unpaired) electrons. The molecule has 8 nitrogen and oxygen atoms in total. The van der Waals surface area contributed by atoms with Gasteiger partial charge in [0.15, 0.2) is 5.83 Å². The molecule has 0 bridgehead atoms. The number of thiophene rings is 1. The van der Waals surface area contributed by atoms with E-state index in [0.717, 1.165) is 10.1 Å². The standard InChI is InChI=1S/C31H24F2N6O2S/c1-17(2)41-26-11-21(33)4-5-23(26)27-29(25-12-22-16-38(31(40)18(3)32)7-8-39(22)37-25)36-28(24-6-9-42-30(24)27)20-10-19(13-34)14-35-15-20/h4-6,9-12,14-15,17H,3,7-8,16H2,1-2H3. The Bertz CT molecular complexity index is 1920. The summed E-state index contributed by atoms with van der Waals surface area (Å²) in [5.41, 5.74) is 4.76. The van der Waals surface area contributed by atoms with Crippen LogP contribution in [0.15, 0.2) is 66.6 Å². The van der Waals surface area contributed by atoms with Gasteiger partial charge in [-0.1, -0.05) is 6.58 Å². The lowest BCUT2D eigenvalue weighted by Gasteiger charge is -2.26. The van der Waals surface area contributed by atoms with Gasteiger partial charge in [0.2, 0.25) is 0 Å². The van der Waals surface area contributed by atoms with Crippen LogP contribution in [0.4, 0.5) is 8.78 Å². The lowest BCUT2D eigenvalue weighted by Crippen LogP contribution is -2.38. The first-order valence-corrected chi connectivity index (χ1v) is 14.1. The SMILES string of the molecule is C=C(F)C(=O)N1CCn2nc(-c3nc(-c4cncc(C#N)c4)c4ccsc4c3-c3ccc(F)cc3OC(C)C)cc2C1. The van der Waals surface area contributed by atoms with Crippen molar-refractivity contribution in [3.05, 3.63) is 83.7 Å². The number of pyridine rings is 2. The van der Waals surface area contributed by atoms with E-state index in [1.165, 1.54) is 34.6 Å². The molecule has 0 aliphatic carbocycles. The molecule has 5 aromatic rings. The molecule has 11 heteroatoms. The minimum absolute atomic E-state index is 0.157. The highest BCUT2D eigenvalue weighted by Gasteiger charge is 2.28. The van der Waals surface area contributed by atoms with Crippen LogP contribution in [0.3, 0.4) is 0 Å². The third-order valence-corrected chi connectivity index (χ3v) is 7.82. The number of rotatable bonds is 6. The molecule has 0 unspecified atom stereocenters. The normalized spacial score (nSPS) is 12.8. The van der Waals surface area contributed by atoms with Gasteiger partial charge in [0.05, 0.1) is 36.1 Å². The number of hydrogen-bond acceptors (Lipinski definition) is 7. The lowest BCUT2D eigenvalue weighted by atomic mass is 9.97. The Morgan fingerprint density at radius 1 is 1.17 bits per heavy atom. The van der Waals surface area contributed by atoms with Crippen LogP contribution in [0.1, 0.15) is 25.1 Å². The molecule has 0 spiro atoms. The summed E-state index contributed by atoms with van der Waals surface area (Å²) in [6.45, 7) is 7.68. The number of ether oxygens (including phenoxy) is 1. The molecule has 1 amide bonds. The van der Waals surface area contributed by atoms with Crippen LogP contribution < -0.4 is 4.74 Å². The first-order valence-electron chi connectivity index (χ1n) is 13.2. The molecule has 0 atom stereocenters. The monoisotopic (exact) mass is 582 g/mol. The van der Waals surface area contributed by atoms with E-state index < -0.39 is 17.6 Å². The van der Waals surface area contributed by atoms with E-state index in [9.17, 15) is 18.8 Å². The van der Waals surface area contributed by atoms with E-state index in [-0.39, 0.29) is 19.2 Å². The summed E-state index contributed by atoms with van der Waals surface area (Å²) in [6, 6.07) is 12.0. The number of amides is 1. The molecule has 0 saturated carbocycles. The Labute approximate surface area is 244 Å². The van der Waals surface area contributed by atoms with Crippen LogP contribution in [0.25, 0.3) is 43.9 Å². The molecule has 4 aromatic heterocycles. The van der Waals surface area contributed by atoms with Crippen molar-refractivity contribution in [3.63, 3.8) is 0 Å². The van der Waals surface area contributed by atoms with Crippen molar-refractivity contribution < 1.29 is 18.3 Å². The van der Waals surface area contributed by atoms with Crippen molar-refractivity contribution in [1.82, 2.24) is 24.6 Å². The second-order valence-corrected chi connectivity index (χ2v) is 11.0. The summed E-state index contributed by atoms with van der Waals surface area (Å²) in [6.07, 6.45) is 2.93. The summed E-state index contributed by atoms with van der Waals surface area (Å²) in [5, 5.41) is 17.1. The minimum atomic E-state index is -1.01. The van der Waals surface area contributed by atoms with Crippen molar-refractivity contribution in [2.24, 2.45) is 0 Å². The highest BCUT2D eigenvalue weighted by atomic mass is 32.1. The zero-order valence-electron chi connectivity index (χ0n) is 22.8. The fourth-order valence-electron chi connectivity index (χ4n) is 5.09. The molecule has 5 heterocycles. The molecular weight excluding hydrogens is 558 g/mol. The molecule has 0 N–H and O–H groups in total. The predicted molar refractivity (Wildman–Crippen MR) is 156 cm³/mol. The van der Waals surface area contributed by atoms with Gasteiger partial charge in [-0.2, -0.15) is 10.4 Å². The fourth-order valence-corrected chi connectivity index (χ4v) is 6.05. The summed E-state index contributed by atoms with van der Waals surface area (Å²) >= 11 is 1.50. The maximum atomic E-state index is 14.5. The molecule has 0 saturated heterocycles. The average Bonchev–Trinajstić information content (AvgIpc) is 3.63. The van der Waals surface area contributed by atoms with Gasteiger partial charge in [0.1, 0.15) is 29.0 Å². The molecular formula is C31H24F2N6O2S. The number of aromatic nitrogens is 4. The van der Waals surface area contributed by atoms with Crippen LogP contribution in [0, 0.1) is 17.1 Å². The molecule has 6 rings (SSSR count). The van der Waals surface area contributed by atoms with Crippen molar-refractivity contribution in [2.45, 2.75) is 33.0 Å². The molecule has 210 valence electrons. The predicted octanol–water partition coefficient (Wildman–Crippen LogP) is 6.51. The van der Waals surface area contributed by atoms with Gasteiger partial charge in [0, 0.05) is 51.8 Å². The van der Waals surface area contributed by atoms with Crippen molar-refractivity contribution in [1.29, 1.82) is 5.26 Å². The Hall–Kier alpha value is -4.95. The maximum absolute atomic E-state index is 14.5. The maximum Gasteiger partial charge on any atom is 0.282 e. The topological polar surface area (TPSA) is 96.9 Å². The number of carbonyl (C=O) groups excluding carboxylic acids is 1. The second kappa shape index (κ2) is 10.8. The first-order chi connectivity index (χ1) is 20.2. The van der Waals surface area contributed by atoms with Gasteiger partial charge in [-0.05, 0) is 49.6 Å². The van der Waals surface area contributed by atoms with Gasteiger partial charge >= 0.3 is 0 Å². The van der Waals surface area contributed by atoms with E-state index in [1.54, 1.807) is 23.0 Å². The number of hydrogen-bond donors (Lipinski definition) is 0. The number of benzene rings is 1. The lowest BCUT2D eigenvalue weighted by molar-refractivity contribution is -0.130. The third kappa shape index (κ3) is 4.90. The van der Waals surface area contributed by atoms with Gasteiger partial charge in [-0.25, -0.2) is 13.8 Å². The molecule has 42 heavy (non-hydrogen) atoms. The van der Waals surface area contributed by atoms with Crippen molar-refractivity contribution in [3.8, 4) is 45.6 Å². The summed E-state index contributed by atoms with van der Waals surface area (Å²) in [5.74, 6) is -1.83. The number of carbonyl (C=O) groups is 1. The van der Waals surface area contributed by atoms with E-state index in [2.05, 4.69) is 17.6 Å². The van der Waals surface area contributed by atoms with E-state index in [1.807, 2.05) is 31.4 Å². The van der Waals surface area contributed by atoms with E-state index in [0.29, 0.717) is 57.3 Å². The van der Waals surface area contributed by atoms with Crippen molar-refractivity contribution >= 4 is 27.3 Å². The zero-order valence-corrected chi connectivity index (χ0v) is 23.6. The third-order valence-electron chi connectivity index (χ3n) is 6.88. The Morgan fingerprint density at radius 2 is 2.00 bits per heavy atom. The molecule has 0 fully saturated rings. The summed E-state index contributed by atoms with van der Waals surface area (Å²) in [4.78, 5) is 23.0. The van der Waals surface area contributed by atoms with Crippen LogP contribution in [-0.4, -0.2) is 43.2 Å². The second-order valence-electron chi connectivity index (χ2n) is 10.1. The van der Waals surface area contributed by atoms with E-state index >= 15 is 0 Å². The van der Waals surface area contributed by atoms with Crippen LogP contribution in [0.2, 0.25) is 0 Å². The number of halogens is 2. The Balaban J connectivity index is 1.61. The molecule has 1 aliphatic rings. The fraction of sp³-hybridized carbons (Fsp3) is 0.194. The average molecular weight is 583 g/mol. The number of nitriles is 1. The molecule has 1 aliphatic heterocycles. The highest BCUT2D eigenvalue weighted by molar-refractivity contribution is 7.18. The van der Waals surface area contributed by atoms with Gasteiger partial charge in [-0.15, -0.1) is 11.3 Å². The van der Waals surface area contributed by atoms with Crippen LogP contribution >= 0.6 is 11.3 Å². The Morgan fingerprint density at radius 3 is 2.76 bits per heavy atom. The zero-order chi connectivity index (χ0) is 29.5. The van der Waals surface area contributed by atoms with Crippen molar-refractivity contribution in [2.75, 3.05) is 6.54 Å². The van der Waals surface area contributed by atoms with Gasteiger partial charge in [-0.3, -0.25) is 14.5 Å². The quantitative estimate of drug-likeness (QED) is 0.212. The van der Waals surface area contributed by atoms with Gasteiger partial charge in [0.25, 0.3) is 5.91 Å². The van der Waals surface area contributed by atoms with Gasteiger partial charge < -0.3 is 9.64 Å².